The van der Waals surface area contributed by atoms with Crippen molar-refractivity contribution in [2.75, 3.05) is 24.1 Å². The molecule has 1 saturated heterocycles. The third-order valence-corrected chi connectivity index (χ3v) is 5.49. The maximum Gasteiger partial charge on any atom is 0.256 e. The van der Waals surface area contributed by atoms with Crippen LogP contribution in [-0.2, 0) is 10.0 Å². The van der Waals surface area contributed by atoms with E-state index in [-0.39, 0.29) is 24.4 Å². The summed E-state index contributed by atoms with van der Waals surface area (Å²) in [4.78, 5) is 14.7. The van der Waals surface area contributed by atoms with Crippen LogP contribution in [0.5, 0.6) is 0 Å². The van der Waals surface area contributed by atoms with Crippen LogP contribution in [0.3, 0.4) is 0 Å². The van der Waals surface area contributed by atoms with Crippen molar-refractivity contribution in [2.45, 2.75) is 25.8 Å². The van der Waals surface area contributed by atoms with Gasteiger partial charge in [0.15, 0.2) is 0 Å². The largest absolute Gasteiger partial charge is 0.338 e. The van der Waals surface area contributed by atoms with E-state index in [1.165, 1.54) is 0 Å². The molecular formula is C16H24ClN3O3S. The Bertz CT molecular complexity index is 738. The highest BCUT2D eigenvalue weighted by Crippen LogP contribution is 2.38. The summed E-state index contributed by atoms with van der Waals surface area (Å²) in [5, 5.41) is 0. The van der Waals surface area contributed by atoms with Gasteiger partial charge in [-0.25, -0.2) is 8.42 Å². The topological polar surface area (TPSA) is 92.5 Å². The summed E-state index contributed by atoms with van der Waals surface area (Å²) in [6.07, 6.45) is 3.18. The van der Waals surface area contributed by atoms with E-state index in [0.29, 0.717) is 36.2 Å². The van der Waals surface area contributed by atoms with Gasteiger partial charge in [-0.05, 0) is 43.7 Å². The zero-order chi connectivity index (χ0) is 16.8. The summed E-state index contributed by atoms with van der Waals surface area (Å²) in [7, 11) is -3.43. The number of nitrogens with two attached hydrogens (primary N) is 1. The Morgan fingerprint density at radius 2 is 2.00 bits per heavy atom. The van der Waals surface area contributed by atoms with Gasteiger partial charge >= 0.3 is 0 Å². The van der Waals surface area contributed by atoms with E-state index in [4.69, 9.17) is 5.73 Å². The standard InChI is InChI=1S/C16H23N3O3S.ClH/c1-10-3-6-15(18-23(2,21)22)12(7-10)16(20)19-8-11-4-5-14(17)13(11)9-19;/h3,6-7,11,13-14,18H,4-5,8-9,17H2,1-2H3;1H. The van der Waals surface area contributed by atoms with Crippen LogP contribution >= 0.6 is 12.4 Å². The summed E-state index contributed by atoms with van der Waals surface area (Å²) in [5.41, 5.74) is 7.79. The number of nitrogens with zero attached hydrogens (tertiary/aromatic N) is 1. The second-order valence-corrected chi connectivity index (χ2v) is 8.55. The Labute approximate surface area is 149 Å². The second kappa shape index (κ2) is 6.90. The minimum Gasteiger partial charge on any atom is -0.338 e. The summed E-state index contributed by atoms with van der Waals surface area (Å²) < 4.78 is 25.5. The first kappa shape index (κ1) is 19.0. The molecule has 24 heavy (non-hydrogen) atoms. The fourth-order valence-corrected chi connectivity index (χ4v) is 4.34. The van der Waals surface area contributed by atoms with E-state index in [2.05, 4.69) is 4.72 Å². The third kappa shape index (κ3) is 3.84. The van der Waals surface area contributed by atoms with Crippen molar-refractivity contribution in [2.24, 2.45) is 17.6 Å². The number of nitrogens with one attached hydrogen (secondary N) is 1. The van der Waals surface area contributed by atoms with E-state index >= 15 is 0 Å². The molecule has 2 aliphatic rings. The molecule has 1 amide bonds. The average Bonchev–Trinajstić information content (AvgIpc) is 3.01. The maximum absolute atomic E-state index is 12.9. The predicted octanol–water partition coefficient (Wildman–Crippen LogP) is 1.60. The highest BCUT2D eigenvalue weighted by Gasteiger charge is 2.42. The molecule has 0 spiro atoms. The number of hydrogen-bond donors (Lipinski definition) is 2. The molecule has 1 aliphatic carbocycles. The lowest BCUT2D eigenvalue weighted by molar-refractivity contribution is 0.0780. The first-order valence-corrected chi connectivity index (χ1v) is 9.77. The third-order valence-electron chi connectivity index (χ3n) is 4.90. The van der Waals surface area contributed by atoms with E-state index in [0.717, 1.165) is 24.7 Å². The van der Waals surface area contributed by atoms with Crippen molar-refractivity contribution in [1.29, 1.82) is 0 Å². The molecule has 1 heterocycles. The van der Waals surface area contributed by atoms with Crippen molar-refractivity contribution in [3.8, 4) is 0 Å². The van der Waals surface area contributed by atoms with Crippen LogP contribution in [0.2, 0.25) is 0 Å². The van der Waals surface area contributed by atoms with Crippen LogP contribution in [0.25, 0.3) is 0 Å². The number of carbonyl (C=O) groups is 1. The summed E-state index contributed by atoms with van der Waals surface area (Å²) >= 11 is 0. The van der Waals surface area contributed by atoms with E-state index in [9.17, 15) is 13.2 Å². The van der Waals surface area contributed by atoms with Crippen LogP contribution in [-0.4, -0.2) is 44.6 Å². The lowest BCUT2D eigenvalue weighted by Gasteiger charge is -2.21. The Morgan fingerprint density at radius 1 is 1.29 bits per heavy atom. The number of anilines is 1. The quantitative estimate of drug-likeness (QED) is 0.841. The molecule has 1 saturated carbocycles. The molecule has 3 N–H and O–H groups in total. The molecular weight excluding hydrogens is 350 g/mol. The van der Waals surface area contributed by atoms with E-state index < -0.39 is 10.0 Å². The number of fused-ring (bicyclic) bond motifs is 1. The highest BCUT2D eigenvalue weighted by atomic mass is 35.5. The number of halogens is 1. The minimum absolute atomic E-state index is 0. The fourth-order valence-electron chi connectivity index (χ4n) is 3.77. The van der Waals surface area contributed by atoms with E-state index in [1.807, 2.05) is 11.8 Å². The lowest BCUT2D eigenvalue weighted by Crippen LogP contribution is -2.34. The zero-order valence-corrected chi connectivity index (χ0v) is 15.5. The number of likely N-dealkylation sites (tertiary alicyclic amines) is 1. The molecule has 0 aromatic heterocycles. The number of sulfonamides is 1. The molecule has 1 aliphatic heterocycles. The van der Waals surface area contributed by atoms with Gasteiger partial charge in [-0.1, -0.05) is 11.6 Å². The van der Waals surface area contributed by atoms with Gasteiger partial charge in [0.05, 0.1) is 17.5 Å². The number of aryl methyl sites for hydroxylation is 1. The lowest BCUT2D eigenvalue weighted by atomic mass is 9.98. The first-order valence-electron chi connectivity index (χ1n) is 7.88. The summed E-state index contributed by atoms with van der Waals surface area (Å²) in [5.74, 6) is 0.724. The number of rotatable bonds is 3. The van der Waals surface area contributed by atoms with Gasteiger partial charge in [0.25, 0.3) is 5.91 Å². The molecule has 3 unspecified atom stereocenters. The first-order chi connectivity index (χ1) is 10.7. The van der Waals surface area contributed by atoms with Crippen LogP contribution < -0.4 is 10.5 Å². The van der Waals surface area contributed by atoms with Gasteiger partial charge in [-0.2, -0.15) is 0 Å². The van der Waals surface area contributed by atoms with Crippen LogP contribution in [0.4, 0.5) is 5.69 Å². The van der Waals surface area contributed by atoms with Crippen molar-refractivity contribution in [1.82, 2.24) is 4.90 Å². The highest BCUT2D eigenvalue weighted by molar-refractivity contribution is 7.92. The fraction of sp³-hybridized carbons (Fsp3) is 0.562. The van der Waals surface area contributed by atoms with E-state index in [1.54, 1.807) is 18.2 Å². The Kier molecular flexibility index (Phi) is 5.47. The number of carbonyl (C=O) groups excluding carboxylic acids is 1. The molecule has 2 fully saturated rings. The molecule has 134 valence electrons. The van der Waals surface area contributed by atoms with Gasteiger partial charge < -0.3 is 10.6 Å². The van der Waals surface area contributed by atoms with Crippen molar-refractivity contribution in [3.05, 3.63) is 29.3 Å². The number of benzene rings is 1. The van der Waals surface area contributed by atoms with Gasteiger partial charge in [-0.15, -0.1) is 12.4 Å². The molecule has 0 radical (unpaired) electrons. The molecule has 0 bridgehead atoms. The monoisotopic (exact) mass is 373 g/mol. The van der Waals surface area contributed by atoms with Gasteiger partial charge in [0.2, 0.25) is 10.0 Å². The SMILES string of the molecule is Cc1ccc(NS(C)(=O)=O)c(C(=O)N2CC3CCC(N)C3C2)c1.Cl. The normalized spacial score (nSPS) is 26.0. The second-order valence-electron chi connectivity index (χ2n) is 6.80. The summed E-state index contributed by atoms with van der Waals surface area (Å²) in [6.45, 7) is 3.26. The zero-order valence-electron chi connectivity index (χ0n) is 13.9. The maximum atomic E-state index is 12.9. The van der Waals surface area contributed by atoms with Crippen LogP contribution in [0, 0.1) is 18.8 Å². The van der Waals surface area contributed by atoms with Gasteiger partial charge in [0, 0.05) is 19.1 Å². The van der Waals surface area contributed by atoms with Crippen molar-refractivity contribution in [3.63, 3.8) is 0 Å². The molecule has 1 aromatic carbocycles. The Morgan fingerprint density at radius 3 is 2.62 bits per heavy atom. The van der Waals surface area contributed by atoms with Crippen molar-refractivity contribution < 1.29 is 13.2 Å². The Balaban J connectivity index is 0.00000208. The minimum atomic E-state index is -3.43. The Hall–Kier alpha value is -1.31. The molecule has 8 heteroatoms. The van der Waals surface area contributed by atoms with Crippen LogP contribution in [0.1, 0.15) is 28.8 Å². The molecule has 3 rings (SSSR count). The number of amides is 1. The van der Waals surface area contributed by atoms with Crippen LogP contribution in [0.15, 0.2) is 18.2 Å². The van der Waals surface area contributed by atoms with Crippen molar-refractivity contribution >= 4 is 34.0 Å². The predicted molar refractivity (Wildman–Crippen MR) is 97.0 cm³/mol. The average molecular weight is 374 g/mol. The molecule has 1 aromatic rings. The summed E-state index contributed by atoms with van der Waals surface area (Å²) in [6, 6.07) is 5.35. The smallest absolute Gasteiger partial charge is 0.256 e. The molecule has 6 nitrogen and oxygen atoms in total. The molecule has 3 atom stereocenters. The number of hydrogen-bond acceptors (Lipinski definition) is 4. The van der Waals surface area contributed by atoms with Gasteiger partial charge in [-0.3, -0.25) is 9.52 Å². The van der Waals surface area contributed by atoms with Gasteiger partial charge in [0.1, 0.15) is 0 Å².